The molecule has 2 aromatic heterocycles. The molecule has 11 rings (SSSR count). The van der Waals surface area contributed by atoms with Gasteiger partial charge < -0.3 is 18.6 Å². The van der Waals surface area contributed by atoms with Crippen LogP contribution in [0, 0.1) is 0 Å². The lowest BCUT2D eigenvalue weighted by molar-refractivity contribution is 0.450. The molecule has 47 heavy (non-hydrogen) atoms. The molecule has 0 spiro atoms. The lowest BCUT2D eigenvalue weighted by Gasteiger charge is -2.38. The van der Waals surface area contributed by atoms with Crippen LogP contribution in [0.15, 0.2) is 152 Å². The van der Waals surface area contributed by atoms with Gasteiger partial charge in [-0.05, 0) is 66.7 Å². The SMILES string of the molecule is c1ccc(-n2c3ccccc3c3cc4c5c6c7c(cc5n(-c5ccccc5)c4cc32)Oc2ccccc2N7c2ccccc2O6)cc1. The number of hydrogen-bond donors (Lipinski definition) is 0. The standard InChI is InChI=1S/C42H25N3O2/c1-3-13-26(14-4-1)43-31-18-8-7-17-28(31)29-23-30-35(24-34(29)43)44(27-15-5-2-6-16-27)36-25-39-41-42(40(30)36)47-38-22-12-10-20-33(38)45(41)32-19-9-11-21-37(32)46-39/h1-25H. The number of rotatable bonds is 2. The van der Waals surface area contributed by atoms with E-state index in [9.17, 15) is 0 Å². The summed E-state index contributed by atoms with van der Waals surface area (Å²) in [5.41, 5.74) is 9.59. The first-order valence-electron chi connectivity index (χ1n) is 15.9. The van der Waals surface area contributed by atoms with Crippen LogP contribution >= 0.6 is 0 Å². The molecule has 0 N–H and O–H groups in total. The molecule has 2 aliphatic heterocycles. The maximum Gasteiger partial charge on any atom is 0.165 e. The third kappa shape index (κ3) is 3.27. The van der Waals surface area contributed by atoms with Crippen LogP contribution in [0.3, 0.4) is 0 Å². The Morgan fingerprint density at radius 2 is 0.957 bits per heavy atom. The highest BCUT2D eigenvalue weighted by Crippen LogP contribution is 2.62. The van der Waals surface area contributed by atoms with Crippen molar-refractivity contribution in [2.45, 2.75) is 0 Å². The number of hydrogen-bond acceptors (Lipinski definition) is 3. The van der Waals surface area contributed by atoms with Crippen molar-refractivity contribution in [1.29, 1.82) is 0 Å². The fourth-order valence-electron chi connectivity index (χ4n) is 7.72. The summed E-state index contributed by atoms with van der Waals surface area (Å²) < 4.78 is 18.4. The Balaban J connectivity index is 1.33. The summed E-state index contributed by atoms with van der Waals surface area (Å²) in [6, 6.07) is 53.3. The molecule has 0 unspecified atom stereocenters. The second-order valence-electron chi connectivity index (χ2n) is 12.2. The van der Waals surface area contributed by atoms with E-state index >= 15 is 0 Å². The van der Waals surface area contributed by atoms with Crippen LogP contribution in [-0.2, 0) is 0 Å². The summed E-state index contributed by atoms with van der Waals surface area (Å²) in [6.07, 6.45) is 0. The number of aromatic nitrogens is 2. The monoisotopic (exact) mass is 603 g/mol. The van der Waals surface area contributed by atoms with Crippen molar-refractivity contribution in [2.75, 3.05) is 4.90 Å². The van der Waals surface area contributed by atoms with Gasteiger partial charge in [0, 0.05) is 33.6 Å². The average Bonchev–Trinajstić information content (AvgIpc) is 3.63. The van der Waals surface area contributed by atoms with Gasteiger partial charge in [0.05, 0.1) is 38.8 Å². The number of anilines is 3. The lowest BCUT2D eigenvalue weighted by atomic mass is 10.0. The molecular weight excluding hydrogens is 578 g/mol. The van der Waals surface area contributed by atoms with Crippen LogP contribution < -0.4 is 14.4 Å². The number of ether oxygens (including phenoxy) is 2. The molecule has 0 bridgehead atoms. The highest BCUT2D eigenvalue weighted by atomic mass is 16.5. The molecule has 0 saturated heterocycles. The minimum Gasteiger partial charge on any atom is -0.453 e. The van der Waals surface area contributed by atoms with E-state index in [1.807, 2.05) is 18.2 Å². The van der Waals surface area contributed by atoms with Crippen LogP contribution in [0.4, 0.5) is 17.1 Å². The van der Waals surface area contributed by atoms with Crippen molar-refractivity contribution in [1.82, 2.24) is 9.13 Å². The number of fused-ring (bicyclic) bond motifs is 11. The smallest absolute Gasteiger partial charge is 0.165 e. The molecular formula is C42H25N3O2. The van der Waals surface area contributed by atoms with E-state index in [1.54, 1.807) is 0 Å². The van der Waals surface area contributed by atoms with Crippen LogP contribution in [0.2, 0.25) is 0 Å². The quantitative estimate of drug-likeness (QED) is 0.197. The minimum absolute atomic E-state index is 0.768. The van der Waals surface area contributed by atoms with Crippen molar-refractivity contribution < 1.29 is 9.47 Å². The Morgan fingerprint density at radius 1 is 0.383 bits per heavy atom. The maximum absolute atomic E-state index is 6.94. The molecule has 0 saturated carbocycles. The highest BCUT2D eigenvalue weighted by molar-refractivity contribution is 6.22. The first-order valence-corrected chi connectivity index (χ1v) is 15.9. The third-order valence-corrected chi connectivity index (χ3v) is 9.64. The minimum atomic E-state index is 0.768. The highest BCUT2D eigenvalue weighted by Gasteiger charge is 2.37. The number of nitrogens with zero attached hydrogens (tertiary/aromatic N) is 3. The molecule has 9 aromatic rings. The second-order valence-corrected chi connectivity index (χ2v) is 12.2. The van der Waals surface area contributed by atoms with Gasteiger partial charge in [-0.1, -0.05) is 78.9 Å². The zero-order valence-corrected chi connectivity index (χ0v) is 25.1. The zero-order chi connectivity index (χ0) is 30.6. The van der Waals surface area contributed by atoms with Crippen molar-refractivity contribution >= 4 is 60.7 Å². The topological polar surface area (TPSA) is 31.6 Å². The van der Waals surface area contributed by atoms with Gasteiger partial charge in [-0.25, -0.2) is 0 Å². The van der Waals surface area contributed by atoms with E-state index in [0.29, 0.717) is 0 Å². The largest absolute Gasteiger partial charge is 0.453 e. The van der Waals surface area contributed by atoms with Gasteiger partial charge in [0.1, 0.15) is 5.69 Å². The summed E-state index contributed by atoms with van der Waals surface area (Å²) in [7, 11) is 0. The summed E-state index contributed by atoms with van der Waals surface area (Å²) in [4.78, 5) is 2.30. The fourth-order valence-corrected chi connectivity index (χ4v) is 7.72. The Kier molecular flexibility index (Phi) is 4.78. The first-order chi connectivity index (χ1) is 23.3. The molecule has 0 fully saturated rings. The van der Waals surface area contributed by atoms with Crippen molar-refractivity contribution in [3.8, 4) is 34.4 Å². The molecule has 0 atom stereocenters. The summed E-state index contributed by atoms with van der Waals surface area (Å²) >= 11 is 0. The first kappa shape index (κ1) is 24.8. The summed E-state index contributed by atoms with van der Waals surface area (Å²) in [5, 5.41) is 4.60. The van der Waals surface area contributed by atoms with Crippen LogP contribution in [-0.4, -0.2) is 9.13 Å². The number of benzene rings is 7. The van der Waals surface area contributed by atoms with Crippen molar-refractivity contribution in [3.05, 3.63) is 152 Å². The van der Waals surface area contributed by atoms with Crippen molar-refractivity contribution in [3.63, 3.8) is 0 Å². The van der Waals surface area contributed by atoms with E-state index in [1.165, 1.54) is 16.3 Å². The summed E-state index contributed by atoms with van der Waals surface area (Å²) in [6.45, 7) is 0. The van der Waals surface area contributed by atoms with Crippen molar-refractivity contribution in [2.24, 2.45) is 0 Å². The Morgan fingerprint density at radius 3 is 1.68 bits per heavy atom. The molecule has 0 radical (unpaired) electrons. The molecule has 220 valence electrons. The molecule has 0 amide bonds. The van der Waals surface area contributed by atoms with Gasteiger partial charge in [0.2, 0.25) is 0 Å². The normalized spacial score (nSPS) is 13.0. The van der Waals surface area contributed by atoms with Crippen LogP contribution in [0.5, 0.6) is 23.0 Å². The van der Waals surface area contributed by atoms with Crippen LogP contribution in [0.25, 0.3) is 55.0 Å². The molecule has 7 aromatic carbocycles. The lowest BCUT2D eigenvalue weighted by Crippen LogP contribution is -2.20. The van der Waals surface area contributed by atoms with Gasteiger partial charge in [0.25, 0.3) is 0 Å². The second kappa shape index (κ2) is 9.05. The van der Waals surface area contributed by atoms with Crippen LogP contribution in [0.1, 0.15) is 0 Å². The third-order valence-electron chi connectivity index (χ3n) is 9.64. The average molecular weight is 604 g/mol. The fraction of sp³-hybridized carbons (Fsp3) is 0. The van der Waals surface area contributed by atoms with Gasteiger partial charge in [-0.3, -0.25) is 4.90 Å². The molecule has 2 aliphatic rings. The Bertz CT molecular complexity index is 2730. The Labute approximate surface area is 269 Å². The molecule has 4 heterocycles. The van der Waals surface area contributed by atoms with Gasteiger partial charge in [0.15, 0.2) is 23.0 Å². The number of para-hydroxylation sites is 7. The maximum atomic E-state index is 6.94. The predicted octanol–water partition coefficient (Wildman–Crippen LogP) is 11.6. The van der Waals surface area contributed by atoms with Gasteiger partial charge >= 0.3 is 0 Å². The van der Waals surface area contributed by atoms with Gasteiger partial charge in [-0.2, -0.15) is 0 Å². The van der Waals surface area contributed by atoms with Gasteiger partial charge in [-0.15, -0.1) is 0 Å². The van der Waals surface area contributed by atoms with E-state index in [0.717, 1.165) is 78.8 Å². The zero-order valence-electron chi connectivity index (χ0n) is 25.1. The molecule has 5 nitrogen and oxygen atoms in total. The summed E-state index contributed by atoms with van der Waals surface area (Å²) in [5.74, 6) is 3.21. The molecule has 0 aliphatic carbocycles. The predicted molar refractivity (Wildman–Crippen MR) is 190 cm³/mol. The Hall–Kier alpha value is -6.46. The molecule has 5 heteroatoms. The van der Waals surface area contributed by atoms with E-state index in [-0.39, 0.29) is 0 Å². The van der Waals surface area contributed by atoms with E-state index in [2.05, 4.69) is 147 Å². The van der Waals surface area contributed by atoms with E-state index < -0.39 is 0 Å². The van der Waals surface area contributed by atoms with E-state index in [4.69, 9.17) is 9.47 Å².